The SMILES string of the molecule is Cc1nc(C2CN(C3CCC3)CCCN2C(=O)c2ccccc2)n[nH]1. The number of rotatable bonds is 3. The van der Waals surface area contributed by atoms with E-state index in [4.69, 9.17) is 0 Å². The second-order valence-electron chi connectivity index (χ2n) is 7.09. The van der Waals surface area contributed by atoms with Gasteiger partial charge in [-0.25, -0.2) is 4.98 Å². The lowest BCUT2D eigenvalue weighted by atomic mass is 9.91. The molecule has 132 valence electrons. The molecule has 1 saturated carbocycles. The second kappa shape index (κ2) is 6.96. The van der Waals surface area contributed by atoms with E-state index in [0.717, 1.165) is 43.3 Å². The lowest BCUT2D eigenvalue weighted by molar-refractivity contribution is 0.0623. The fourth-order valence-corrected chi connectivity index (χ4v) is 3.82. The Balaban J connectivity index is 1.64. The van der Waals surface area contributed by atoms with Gasteiger partial charge in [-0.2, -0.15) is 5.10 Å². The minimum atomic E-state index is -0.0965. The predicted molar refractivity (Wildman–Crippen MR) is 95.2 cm³/mol. The van der Waals surface area contributed by atoms with Gasteiger partial charge in [-0.05, 0) is 38.3 Å². The summed E-state index contributed by atoms with van der Waals surface area (Å²) in [5.74, 6) is 1.60. The van der Waals surface area contributed by atoms with E-state index in [1.54, 1.807) is 0 Å². The molecular formula is C19H25N5O. The third-order valence-electron chi connectivity index (χ3n) is 5.41. The van der Waals surface area contributed by atoms with Crippen LogP contribution in [0.3, 0.4) is 0 Å². The van der Waals surface area contributed by atoms with E-state index in [-0.39, 0.29) is 11.9 Å². The third kappa shape index (κ3) is 3.31. The Morgan fingerprint density at radius 3 is 2.60 bits per heavy atom. The Bertz CT molecular complexity index is 724. The van der Waals surface area contributed by atoms with Crippen LogP contribution in [0.5, 0.6) is 0 Å². The molecule has 2 heterocycles. The molecule has 1 amide bonds. The van der Waals surface area contributed by atoms with Crippen molar-refractivity contribution in [1.82, 2.24) is 25.0 Å². The summed E-state index contributed by atoms with van der Waals surface area (Å²) in [7, 11) is 0. The number of hydrogen-bond acceptors (Lipinski definition) is 4. The minimum Gasteiger partial charge on any atom is -0.327 e. The quantitative estimate of drug-likeness (QED) is 0.933. The molecule has 1 unspecified atom stereocenters. The molecular weight excluding hydrogens is 314 g/mol. The van der Waals surface area contributed by atoms with Crippen LogP contribution in [-0.4, -0.2) is 56.6 Å². The first kappa shape index (κ1) is 16.3. The molecule has 1 aromatic carbocycles. The van der Waals surface area contributed by atoms with Gasteiger partial charge < -0.3 is 4.90 Å². The first-order valence-electron chi connectivity index (χ1n) is 9.21. The van der Waals surface area contributed by atoms with Gasteiger partial charge in [-0.15, -0.1) is 0 Å². The van der Waals surface area contributed by atoms with E-state index < -0.39 is 0 Å². The number of hydrogen-bond donors (Lipinski definition) is 1. The molecule has 2 fully saturated rings. The molecule has 4 rings (SSSR count). The van der Waals surface area contributed by atoms with Gasteiger partial charge in [0, 0.05) is 31.2 Å². The van der Waals surface area contributed by atoms with Gasteiger partial charge in [-0.3, -0.25) is 14.8 Å². The van der Waals surface area contributed by atoms with Crippen LogP contribution in [0.2, 0.25) is 0 Å². The van der Waals surface area contributed by atoms with Gasteiger partial charge in [0.25, 0.3) is 5.91 Å². The van der Waals surface area contributed by atoms with Crippen molar-refractivity contribution in [3.63, 3.8) is 0 Å². The van der Waals surface area contributed by atoms with Gasteiger partial charge in [0.15, 0.2) is 5.82 Å². The number of aryl methyl sites for hydroxylation is 1. The number of benzene rings is 1. The molecule has 1 aliphatic heterocycles. The highest BCUT2D eigenvalue weighted by Gasteiger charge is 2.36. The molecule has 1 aromatic heterocycles. The lowest BCUT2D eigenvalue weighted by Gasteiger charge is -2.38. The summed E-state index contributed by atoms with van der Waals surface area (Å²) in [5.41, 5.74) is 0.733. The molecule has 1 saturated heterocycles. The fourth-order valence-electron chi connectivity index (χ4n) is 3.82. The number of carbonyl (C=O) groups excluding carboxylic acids is 1. The molecule has 1 N–H and O–H groups in total. The van der Waals surface area contributed by atoms with Crippen molar-refractivity contribution in [2.24, 2.45) is 0 Å². The van der Waals surface area contributed by atoms with Gasteiger partial charge in [0.1, 0.15) is 11.9 Å². The lowest BCUT2D eigenvalue weighted by Crippen LogP contribution is -2.44. The molecule has 0 spiro atoms. The molecule has 2 aliphatic rings. The largest absolute Gasteiger partial charge is 0.327 e. The monoisotopic (exact) mass is 339 g/mol. The van der Waals surface area contributed by atoms with Crippen LogP contribution < -0.4 is 0 Å². The molecule has 6 nitrogen and oxygen atoms in total. The maximum atomic E-state index is 13.1. The molecule has 0 radical (unpaired) electrons. The zero-order chi connectivity index (χ0) is 17.2. The number of nitrogens with zero attached hydrogens (tertiary/aromatic N) is 4. The highest BCUT2D eigenvalue weighted by Crippen LogP contribution is 2.31. The maximum Gasteiger partial charge on any atom is 0.254 e. The van der Waals surface area contributed by atoms with Crippen LogP contribution >= 0.6 is 0 Å². The first-order valence-corrected chi connectivity index (χ1v) is 9.21. The summed E-state index contributed by atoms with van der Waals surface area (Å²) in [6, 6.07) is 10.1. The van der Waals surface area contributed by atoms with Gasteiger partial charge >= 0.3 is 0 Å². The highest BCUT2D eigenvalue weighted by atomic mass is 16.2. The van der Waals surface area contributed by atoms with Crippen molar-refractivity contribution in [3.8, 4) is 0 Å². The average molecular weight is 339 g/mol. The molecule has 2 aromatic rings. The summed E-state index contributed by atoms with van der Waals surface area (Å²) < 4.78 is 0. The van der Waals surface area contributed by atoms with E-state index in [1.807, 2.05) is 42.2 Å². The Morgan fingerprint density at radius 2 is 1.96 bits per heavy atom. The Morgan fingerprint density at radius 1 is 1.16 bits per heavy atom. The number of H-pyrrole nitrogens is 1. The van der Waals surface area contributed by atoms with Crippen molar-refractivity contribution < 1.29 is 4.79 Å². The van der Waals surface area contributed by atoms with Crippen LogP contribution in [0.1, 0.15) is 53.7 Å². The summed E-state index contributed by atoms with van der Waals surface area (Å²) in [5, 5.41) is 7.33. The minimum absolute atomic E-state index is 0.0727. The second-order valence-corrected chi connectivity index (χ2v) is 7.09. The zero-order valence-electron chi connectivity index (χ0n) is 14.7. The third-order valence-corrected chi connectivity index (χ3v) is 5.41. The topological polar surface area (TPSA) is 65.1 Å². The van der Waals surface area contributed by atoms with E-state index in [1.165, 1.54) is 19.3 Å². The number of nitrogens with one attached hydrogen (secondary N) is 1. The normalized spacial score (nSPS) is 22.4. The van der Waals surface area contributed by atoms with Crippen molar-refractivity contribution in [2.45, 2.75) is 44.7 Å². The Labute approximate surface area is 148 Å². The van der Waals surface area contributed by atoms with Crippen molar-refractivity contribution in [1.29, 1.82) is 0 Å². The Kier molecular flexibility index (Phi) is 4.53. The van der Waals surface area contributed by atoms with Crippen molar-refractivity contribution in [2.75, 3.05) is 19.6 Å². The van der Waals surface area contributed by atoms with Crippen molar-refractivity contribution >= 4 is 5.91 Å². The van der Waals surface area contributed by atoms with Crippen LogP contribution in [0.25, 0.3) is 0 Å². The van der Waals surface area contributed by atoms with Crippen molar-refractivity contribution in [3.05, 3.63) is 47.5 Å². The average Bonchev–Trinajstić information content (AvgIpc) is 2.90. The number of amides is 1. The molecule has 1 atom stereocenters. The van der Waals surface area contributed by atoms with Gasteiger partial charge in [0.2, 0.25) is 0 Å². The molecule has 0 bridgehead atoms. The van der Waals surface area contributed by atoms with E-state index in [9.17, 15) is 4.79 Å². The van der Waals surface area contributed by atoms with E-state index in [2.05, 4.69) is 20.1 Å². The number of aromatic amines is 1. The van der Waals surface area contributed by atoms with Gasteiger partial charge in [-0.1, -0.05) is 24.6 Å². The molecule has 1 aliphatic carbocycles. The van der Waals surface area contributed by atoms with Gasteiger partial charge in [0.05, 0.1) is 0 Å². The van der Waals surface area contributed by atoms with E-state index in [0.29, 0.717) is 6.04 Å². The Hall–Kier alpha value is -2.21. The summed E-state index contributed by atoms with van der Waals surface area (Å²) >= 11 is 0. The van der Waals surface area contributed by atoms with Crippen LogP contribution in [0, 0.1) is 6.92 Å². The molecule has 25 heavy (non-hydrogen) atoms. The number of carbonyl (C=O) groups is 1. The summed E-state index contributed by atoms with van der Waals surface area (Å²) in [6.45, 7) is 4.51. The van der Waals surface area contributed by atoms with Crippen LogP contribution in [-0.2, 0) is 0 Å². The number of aromatic nitrogens is 3. The fraction of sp³-hybridized carbons (Fsp3) is 0.526. The first-order chi connectivity index (χ1) is 12.2. The molecule has 6 heteroatoms. The zero-order valence-corrected chi connectivity index (χ0v) is 14.7. The van der Waals surface area contributed by atoms with Crippen LogP contribution in [0.4, 0.5) is 0 Å². The van der Waals surface area contributed by atoms with Crippen LogP contribution in [0.15, 0.2) is 30.3 Å². The van der Waals surface area contributed by atoms with E-state index >= 15 is 0 Å². The highest BCUT2D eigenvalue weighted by molar-refractivity contribution is 5.94. The summed E-state index contributed by atoms with van der Waals surface area (Å²) in [4.78, 5) is 22.2. The maximum absolute atomic E-state index is 13.1. The predicted octanol–water partition coefficient (Wildman–Crippen LogP) is 2.55. The standard InChI is InChI=1S/C19H25N5O/c1-14-20-18(22-21-14)17-13-23(16-9-5-10-16)11-6-12-24(17)19(25)15-7-3-2-4-8-15/h2-4,7-8,16-17H,5-6,9-13H2,1H3,(H,20,21,22). The summed E-state index contributed by atoms with van der Waals surface area (Å²) in [6.07, 6.45) is 4.85. The smallest absolute Gasteiger partial charge is 0.254 e.